The molecule has 3 aromatic rings. The third kappa shape index (κ3) is 4.39. The second-order valence-electron chi connectivity index (χ2n) is 6.92. The smallest absolute Gasteiger partial charge is 0.273 e. The Morgan fingerprint density at radius 1 is 0.968 bits per heavy atom. The van der Waals surface area contributed by atoms with E-state index >= 15 is 0 Å². The van der Waals surface area contributed by atoms with Gasteiger partial charge in [0.2, 0.25) is 0 Å². The van der Waals surface area contributed by atoms with Crippen LogP contribution in [0.25, 0.3) is 10.6 Å². The molecule has 2 aromatic carbocycles. The molecular weight excluding hydrogens is 457 g/mol. The number of carbonyl (C=O) groups is 2. The Labute approximate surface area is 194 Å². The number of aromatic nitrogens is 1. The zero-order valence-corrected chi connectivity index (χ0v) is 19.0. The van der Waals surface area contributed by atoms with Crippen LogP contribution < -0.4 is 4.74 Å². The molecule has 1 aromatic heterocycles. The van der Waals surface area contributed by atoms with E-state index in [0.717, 1.165) is 10.6 Å². The third-order valence-electron chi connectivity index (χ3n) is 5.10. The van der Waals surface area contributed by atoms with Gasteiger partial charge in [0.05, 0.1) is 28.3 Å². The van der Waals surface area contributed by atoms with Gasteiger partial charge >= 0.3 is 0 Å². The van der Waals surface area contributed by atoms with E-state index in [2.05, 4.69) is 4.98 Å². The first-order valence-corrected chi connectivity index (χ1v) is 11.2. The van der Waals surface area contributed by atoms with Gasteiger partial charge in [0.1, 0.15) is 16.5 Å². The van der Waals surface area contributed by atoms with E-state index in [1.807, 2.05) is 24.3 Å². The summed E-state index contributed by atoms with van der Waals surface area (Å²) in [6.07, 6.45) is 0. The van der Waals surface area contributed by atoms with E-state index in [-0.39, 0.29) is 16.8 Å². The molecule has 0 aliphatic carbocycles. The number of halogens is 2. The minimum atomic E-state index is -0.188. The summed E-state index contributed by atoms with van der Waals surface area (Å²) in [5.74, 6) is 0.375. The van der Waals surface area contributed by atoms with Crippen molar-refractivity contribution in [3.05, 3.63) is 69.1 Å². The first kappa shape index (κ1) is 21.6. The van der Waals surface area contributed by atoms with Crippen LogP contribution in [-0.4, -0.2) is 59.9 Å². The van der Waals surface area contributed by atoms with E-state index in [1.54, 1.807) is 40.5 Å². The summed E-state index contributed by atoms with van der Waals surface area (Å²) in [5, 5.41) is 3.08. The molecule has 2 heterocycles. The van der Waals surface area contributed by atoms with Crippen molar-refractivity contribution in [2.75, 3.05) is 33.3 Å². The average Bonchev–Trinajstić information content (AvgIpc) is 3.30. The Balaban J connectivity index is 1.43. The maximum absolute atomic E-state index is 12.9. The zero-order chi connectivity index (χ0) is 22.0. The van der Waals surface area contributed by atoms with Crippen molar-refractivity contribution >= 4 is 46.4 Å². The van der Waals surface area contributed by atoms with E-state index in [4.69, 9.17) is 27.9 Å². The predicted molar refractivity (Wildman–Crippen MR) is 122 cm³/mol. The number of amides is 2. The molecule has 0 radical (unpaired) electrons. The number of para-hydroxylation sites is 1. The van der Waals surface area contributed by atoms with Gasteiger partial charge < -0.3 is 14.5 Å². The van der Waals surface area contributed by atoms with Crippen LogP contribution in [-0.2, 0) is 0 Å². The highest BCUT2D eigenvalue weighted by atomic mass is 35.5. The SMILES string of the molecule is COc1ccccc1-c1nc(C(=O)N2CCN(C(=O)c3cccc(Cl)c3Cl)CC2)cs1. The van der Waals surface area contributed by atoms with Crippen molar-refractivity contribution in [2.45, 2.75) is 0 Å². The number of rotatable bonds is 4. The minimum absolute atomic E-state index is 0.148. The van der Waals surface area contributed by atoms with Gasteiger partial charge in [-0.1, -0.05) is 41.4 Å². The standard InChI is InChI=1S/C22H19Cl2N3O3S/c1-30-18-8-3-2-5-14(18)20-25-17(13-31-20)22(29)27-11-9-26(10-12-27)21(28)15-6-4-7-16(23)19(15)24/h2-8,13H,9-12H2,1H3. The lowest BCUT2D eigenvalue weighted by molar-refractivity contribution is 0.0533. The number of benzene rings is 2. The lowest BCUT2D eigenvalue weighted by Crippen LogP contribution is -2.50. The summed E-state index contributed by atoms with van der Waals surface area (Å²) in [7, 11) is 1.61. The van der Waals surface area contributed by atoms with Crippen molar-refractivity contribution in [1.82, 2.24) is 14.8 Å². The zero-order valence-electron chi connectivity index (χ0n) is 16.7. The lowest BCUT2D eigenvalue weighted by Gasteiger charge is -2.34. The Kier molecular flexibility index (Phi) is 6.46. The topological polar surface area (TPSA) is 62.7 Å². The van der Waals surface area contributed by atoms with Crippen molar-refractivity contribution in [3.8, 4) is 16.3 Å². The molecule has 0 unspecified atom stereocenters. The van der Waals surface area contributed by atoms with Crippen molar-refractivity contribution in [3.63, 3.8) is 0 Å². The molecule has 1 fully saturated rings. The normalized spacial score (nSPS) is 13.9. The Hall–Kier alpha value is -2.61. The fourth-order valence-electron chi connectivity index (χ4n) is 3.43. The maximum Gasteiger partial charge on any atom is 0.273 e. The van der Waals surface area contributed by atoms with Gasteiger partial charge in [-0.05, 0) is 24.3 Å². The van der Waals surface area contributed by atoms with E-state index in [9.17, 15) is 9.59 Å². The first-order valence-electron chi connectivity index (χ1n) is 9.61. The third-order valence-corrected chi connectivity index (χ3v) is 6.79. The van der Waals surface area contributed by atoms with Gasteiger partial charge in [0.25, 0.3) is 11.8 Å². The van der Waals surface area contributed by atoms with Crippen LogP contribution in [0, 0.1) is 0 Å². The van der Waals surface area contributed by atoms with Gasteiger partial charge in [0.15, 0.2) is 0 Å². The summed E-state index contributed by atoms with van der Waals surface area (Å²) in [4.78, 5) is 33.7. The van der Waals surface area contributed by atoms with Crippen LogP contribution in [0.1, 0.15) is 20.8 Å². The van der Waals surface area contributed by atoms with Crippen molar-refractivity contribution in [1.29, 1.82) is 0 Å². The van der Waals surface area contributed by atoms with Crippen molar-refractivity contribution in [2.24, 2.45) is 0 Å². The highest BCUT2D eigenvalue weighted by Crippen LogP contribution is 2.32. The summed E-state index contributed by atoms with van der Waals surface area (Å²) in [6.45, 7) is 1.67. The van der Waals surface area contributed by atoms with E-state index in [1.165, 1.54) is 11.3 Å². The Morgan fingerprint density at radius 2 is 1.65 bits per heavy atom. The molecule has 0 bridgehead atoms. The van der Waals surface area contributed by atoms with E-state index < -0.39 is 0 Å². The van der Waals surface area contributed by atoms with Crippen LogP contribution in [0.5, 0.6) is 5.75 Å². The average molecular weight is 476 g/mol. The summed E-state index contributed by atoms with van der Waals surface area (Å²) < 4.78 is 5.39. The fourth-order valence-corrected chi connectivity index (χ4v) is 4.64. The monoisotopic (exact) mass is 475 g/mol. The Morgan fingerprint density at radius 3 is 2.35 bits per heavy atom. The second kappa shape index (κ2) is 9.26. The molecule has 0 N–H and O–H groups in total. The number of methoxy groups -OCH3 is 1. The van der Waals surface area contributed by atoms with Crippen molar-refractivity contribution < 1.29 is 14.3 Å². The number of nitrogens with zero attached hydrogens (tertiary/aromatic N) is 3. The molecular formula is C22H19Cl2N3O3S. The van der Waals surface area contributed by atoms with Crippen LogP contribution in [0.2, 0.25) is 10.0 Å². The van der Waals surface area contributed by atoms with Gasteiger partial charge in [0, 0.05) is 31.6 Å². The number of hydrogen-bond donors (Lipinski definition) is 0. The van der Waals surface area contributed by atoms with Crippen LogP contribution in [0.3, 0.4) is 0 Å². The molecule has 9 heteroatoms. The highest BCUT2D eigenvalue weighted by Gasteiger charge is 2.28. The quantitative estimate of drug-likeness (QED) is 0.547. The second-order valence-corrected chi connectivity index (χ2v) is 8.57. The molecule has 4 rings (SSSR count). The molecule has 1 aliphatic heterocycles. The lowest BCUT2D eigenvalue weighted by atomic mass is 10.1. The highest BCUT2D eigenvalue weighted by molar-refractivity contribution is 7.13. The molecule has 1 aliphatic rings. The molecule has 1 saturated heterocycles. The molecule has 2 amide bonds. The van der Waals surface area contributed by atoms with Gasteiger partial charge in [-0.25, -0.2) is 4.98 Å². The van der Waals surface area contributed by atoms with Crippen LogP contribution in [0.4, 0.5) is 0 Å². The summed E-state index contributed by atoms with van der Waals surface area (Å²) in [6, 6.07) is 12.6. The molecule has 0 saturated carbocycles. The molecule has 160 valence electrons. The van der Waals surface area contributed by atoms with Gasteiger partial charge in [-0.15, -0.1) is 11.3 Å². The number of hydrogen-bond acceptors (Lipinski definition) is 5. The van der Waals surface area contributed by atoms with Gasteiger partial charge in [-0.2, -0.15) is 0 Å². The van der Waals surface area contributed by atoms with E-state index in [0.29, 0.717) is 48.2 Å². The minimum Gasteiger partial charge on any atom is -0.496 e. The van der Waals surface area contributed by atoms with Crippen LogP contribution in [0.15, 0.2) is 47.8 Å². The summed E-state index contributed by atoms with van der Waals surface area (Å²) >= 11 is 13.6. The predicted octanol–water partition coefficient (Wildman–Crippen LogP) is 4.72. The Bertz CT molecular complexity index is 1130. The summed E-state index contributed by atoms with van der Waals surface area (Å²) in [5.41, 5.74) is 1.61. The number of carbonyl (C=O) groups excluding carboxylic acids is 2. The molecule has 0 spiro atoms. The van der Waals surface area contributed by atoms with Gasteiger partial charge in [-0.3, -0.25) is 9.59 Å². The number of ether oxygens (including phenoxy) is 1. The fraction of sp³-hybridized carbons (Fsp3) is 0.227. The number of thiazole rings is 1. The number of piperazine rings is 1. The molecule has 6 nitrogen and oxygen atoms in total. The molecule has 0 atom stereocenters. The maximum atomic E-state index is 12.9. The first-order chi connectivity index (χ1) is 15.0. The largest absolute Gasteiger partial charge is 0.496 e. The van der Waals surface area contributed by atoms with Crippen LogP contribution >= 0.6 is 34.5 Å². The molecule has 31 heavy (non-hydrogen) atoms.